The zero-order valence-corrected chi connectivity index (χ0v) is 13.0. The average Bonchev–Trinajstić information content (AvgIpc) is 2.36. The standard InChI is InChI=1S/C15H13Cl3FN/c1-20-15(10-4-11(16)7-12(17)5-10)6-9-2-3-13(19)8-14(9)18/h2-5,7-8,15,20H,6H2,1H3. The monoisotopic (exact) mass is 331 g/mol. The van der Waals surface area contributed by atoms with Crippen LogP contribution in [0.15, 0.2) is 36.4 Å². The number of halogens is 4. The lowest BCUT2D eigenvalue weighted by molar-refractivity contribution is 0.589. The number of hydrogen-bond acceptors (Lipinski definition) is 1. The first-order chi connectivity index (χ1) is 9.49. The van der Waals surface area contributed by atoms with Gasteiger partial charge in [0.15, 0.2) is 0 Å². The van der Waals surface area contributed by atoms with Crippen LogP contribution in [0.5, 0.6) is 0 Å². The van der Waals surface area contributed by atoms with Gasteiger partial charge in [-0.1, -0.05) is 40.9 Å². The molecule has 0 radical (unpaired) electrons. The van der Waals surface area contributed by atoms with Crippen molar-refractivity contribution in [3.8, 4) is 0 Å². The first-order valence-electron chi connectivity index (χ1n) is 6.07. The van der Waals surface area contributed by atoms with Crippen LogP contribution in [0.3, 0.4) is 0 Å². The molecule has 106 valence electrons. The van der Waals surface area contributed by atoms with E-state index < -0.39 is 0 Å². The van der Waals surface area contributed by atoms with E-state index in [1.54, 1.807) is 12.1 Å². The van der Waals surface area contributed by atoms with Crippen molar-refractivity contribution in [1.29, 1.82) is 0 Å². The zero-order chi connectivity index (χ0) is 14.7. The Morgan fingerprint density at radius 2 is 1.70 bits per heavy atom. The van der Waals surface area contributed by atoms with Crippen LogP contribution >= 0.6 is 34.8 Å². The maximum atomic E-state index is 13.1. The number of hydrogen-bond donors (Lipinski definition) is 1. The molecule has 1 atom stereocenters. The lowest BCUT2D eigenvalue weighted by Crippen LogP contribution is -2.19. The van der Waals surface area contributed by atoms with Crippen LogP contribution < -0.4 is 5.32 Å². The Labute approximate surface area is 132 Å². The molecule has 20 heavy (non-hydrogen) atoms. The second kappa shape index (κ2) is 6.77. The van der Waals surface area contributed by atoms with Crippen LogP contribution in [0.4, 0.5) is 4.39 Å². The van der Waals surface area contributed by atoms with E-state index in [-0.39, 0.29) is 11.9 Å². The fourth-order valence-corrected chi connectivity index (χ4v) is 2.86. The summed E-state index contributed by atoms with van der Waals surface area (Å²) in [5.74, 6) is -0.342. The summed E-state index contributed by atoms with van der Waals surface area (Å²) < 4.78 is 13.1. The highest BCUT2D eigenvalue weighted by Gasteiger charge is 2.14. The smallest absolute Gasteiger partial charge is 0.124 e. The number of nitrogens with one attached hydrogen (secondary N) is 1. The van der Waals surface area contributed by atoms with Crippen molar-refractivity contribution in [3.63, 3.8) is 0 Å². The van der Waals surface area contributed by atoms with E-state index >= 15 is 0 Å². The number of likely N-dealkylation sites (N-methyl/N-ethyl adjacent to an activating group) is 1. The minimum atomic E-state index is -0.342. The van der Waals surface area contributed by atoms with Crippen molar-refractivity contribution in [2.45, 2.75) is 12.5 Å². The molecule has 0 aromatic heterocycles. The van der Waals surface area contributed by atoms with Crippen molar-refractivity contribution in [2.24, 2.45) is 0 Å². The van der Waals surface area contributed by atoms with Crippen molar-refractivity contribution in [1.82, 2.24) is 5.32 Å². The van der Waals surface area contributed by atoms with Gasteiger partial charge in [-0.15, -0.1) is 0 Å². The molecule has 2 rings (SSSR count). The quantitative estimate of drug-likeness (QED) is 0.802. The number of rotatable bonds is 4. The van der Waals surface area contributed by atoms with Crippen LogP contribution in [0, 0.1) is 5.82 Å². The van der Waals surface area contributed by atoms with Crippen LogP contribution in [0.2, 0.25) is 15.1 Å². The van der Waals surface area contributed by atoms with Crippen LogP contribution in [-0.2, 0) is 6.42 Å². The minimum absolute atomic E-state index is 0.00541. The Morgan fingerprint density at radius 3 is 2.25 bits per heavy atom. The summed E-state index contributed by atoms with van der Waals surface area (Å²) in [6, 6.07) is 9.79. The van der Waals surface area contributed by atoms with E-state index in [1.807, 2.05) is 19.2 Å². The Balaban J connectivity index is 2.28. The Kier molecular flexibility index (Phi) is 5.28. The molecule has 2 aromatic carbocycles. The largest absolute Gasteiger partial charge is 0.313 e. The first-order valence-corrected chi connectivity index (χ1v) is 7.20. The van der Waals surface area contributed by atoms with Gasteiger partial charge in [-0.2, -0.15) is 0 Å². The van der Waals surface area contributed by atoms with Gasteiger partial charge in [0.1, 0.15) is 5.82 Å². The van der Waals surface area contributed by atoms with E-state index in [0.29, 0.717) is 21.5 Å². The fraction of sp³-hybridized carbons (Fsp3) is 0.200. The summed E-state index contributed by atoms with van der Waals surface area (Å²) in [5, 5.41) is 4.77. The van der Waals surface area contributed by atoms with Gasteiger partial charge in [-0.3, -0.25) is 0 Å². The van der Waals surface area contributed by atoms with Gasteiger partial charge >= 0.3 is 0 Å². The third-order valence-electron chi connectivity index (χ3n) is 3.07. The van der Waals surface area contributed by atoms with E-state index in [0.717, 1.165) is 11.1 Å². The third-order valence-corrected chi connectivity index (χ3v) is 3.86. The normalized spacial score (nSPS) is 12.4. The fourth-order valence-electron chi connectivity index (χ4n) is 2.07. The highest BCUT2D eigenvalue weighted by molar-refractivity contribution is 6.34. The van der Waals surface area contributed by atoms with Gasteiger partial charge in [0.25, 0.3) is 0 Å². The first kappa shape index (κ1) is 15.6. The topological polar surface area (TPSA) is 12.0 Å². The molecule has 0 saturated carbocycles. The van der Waals surface area contributed by atoms with E-state index in [9.17, 15) is 4.39 Å². The van der Waals surface area contributed by atoms with Gasteiger partial charge in [0.05, 0.1) is 0 Å². The Hall–Kier alpha value is -0.800. The maximum Gasteiger partial charge on any atom is 0.124 e. The molecular formula is C15H13Cl3FN. The van der Waals surface area contributed by atoms with E-state index in [4.69, 9.17) is 34.8 Å². The molecule has 0 aliphatic rings. The molecule has 1 unspecified atom stereocenters. The van der Waals surface area contributed by atoms with Gasteiger partial charge < -0.3 is 5.32 Å². The summed E-state index contributed by atoms with van der Waals surface area (Å²) in [6.07, 6.45) is 0.617. The second-order valence-corrected chi connectivity index (χ2v) is 5.76. The zero-order valence-electron chi connectivity index (χ0n) is 10.8. The molecule has 0 aliphatic heterocycles. The number of benzene rings is 2. The van der Waals surface area contributed by atoms with Crippen molar-refractivity contribution >= 4 is 34.8 Å². The predicted octanol–water partition coefficient (Wildman–Crippen LogP) is 5.29. The summed E-state index contributed by atoms with van der Waals surface area (Å²) in [5.41, 5.74) is 1.83. The molecule has 0 aliphatic carbocycles. The van der Waals surface area contributed by atoms with Crippen molar-refractivity contribution in [2.75, 3.05) is 7.05 Å². The summed E-state index contributed by atoms with van der Waals surface area (Å²) in [4.78, 5) is 0. The average molecular weight is 333 g/mol. The lowest BCUT2D eigenvalue weighted by atomic mass is 9.99. The van der Waals surface area contributed by atoms with E-state index in [2.05, 4.69) is 5.32 Å². The van der Waals surface area contributed by atoms with E-state index in [1.165, 1.54) is 12.1 Å². The molecule has 0 saturated heterocycles. The Morgan fingerprint density at radius 1 is 1.05 bits per heavy atom. The maximum absolute atomic E-state index is 13.1. The summed E-state index contributed by atoms with van der Waals surface area (Å²) in [7, 11) is 1.84. The highest BCUT2D eigenvalue weighted by Crippen LogP contribution is 2.28. The summed E-state index contributed by atoms with van der Waals surface area (Å²) in [6.45, 7) is 0. The molecule has 0 spiro atoms. The van der Waals surface area contributed by atoms with Gasteiger partial charge in [0.2, 0.25) is 0 Å². The van der Waals surface area contributed by atoms with Gasteiger partial charge in [-0.05, 0) is 54.9 Å². The molecule has 0 fully saturated rings. The van der Waals surface area contributed by atoms with Crippen LogP contribution in [0.25, 0.3) is 0 Å². The molecular weight excluding hydrogens is 320 g/mol. The third kappa shape index (κ3) is 3.86. The van der Waals surface area contributed by atoms with Gasteiger partial charge in [-0.25, -0.2) is 4.39 Å². The molecule has 1 nitrogen and oxygen atoms in total. The lowest BCUT2D eigenvalue weighted by Gasteiger charge is -2.18. The highest BCUT2D eigenvalue weighted by atomic mass is 35.5. The van der Waals surface area contributed by atoms with Crippen molar-refractivity contribution < 1.29 is 4.39 Å². The minimum Gasteiger partial charge on any atom is -0.313 e. The Bertz CT molecular complexity index is 596. The van der Waals surface area contributed by atoms with Crippen molar-refractivity contribution in [3.05, 3.63) is 68.4 Å². The summed E-state index contributed by atoms with van der Waals surface area (Å²) >= 11 is 18.1. The molecule has 0 bridgehead atoms. The van der Waals surface area contributed by atoms with Crippen LogP contribution in [0.1, 0.15) is 17.2 Å². The molecule has 5 heteroatoms. The van der Waals surface area contributed by atoms with Gasteiger partial charge in [0, 0.05) is 21.1 Å². The molecule has 2 aromatic rings. The second-order valence-electron chi connectivity index (χ2n) is 4.48. The molecule has 1 N–H and O–H groups in total. The SMILES string of the molecule is CNC(Cc1ccc(F)cc1Cl)c1cc(Cl)cc(Cl)c1. The molecule has 0 amide bonds. The van der Waals surface area contributed by atoms with Crippen LogP contribution in [-0.4, -0.2) is 7.05 Å². The molecule has 0 heterocycles. The predicted molar refractivity (Wildman–Crippen MR) is 83.4 cm³/mol.